The van der Waals surface area contributed by atoms with Gasteiger partial charge in [-0.15, -0.1) is 0 Å². The molecule has 0 aliphatic carbocycles. The van der Waals surface area contributed by atoms with Crippen LogP contribution in [0.4, 0.5) is 4.79 Å². The van der Waals surface area contributed by atoms with E-state index in [0.29, 0.717) is 31.9 Å². The van der Waals surface area contributed by atoms with Crippen LogP contribution in [-0.4, -0.2) is 36.7 Å². The molecule has 3 amide bonds. The number of amides is 3. The van der Waals surface area contributed by atoms with E-state index >= 15 is 0 Å². The van der Waals surface area contributed by atoms with Crippen molar-refractivity contribution in [3.63, 3.8) is 0 Å². The molecule has 0 saturated heterocycles. The van der Waals surface area contributed by atoms with E-state index in [0.717, 1.165) is 0 Å². The lowest BCUT2D eigenvalue weighted by Gasteiger charge is -2.08. The second kappa shape index (κ2) is 10.8. The van der Waals surface area contributed by atoms with Crippen molar-refractivity contribution in [2.75, 3.05) is 13.2 Å². The van der Waals surface area contributed by atoms with Gasteiger partial charge in [0.05, 0.1) is 0 Å². The molecule has 0 aromatic carbocycles. The Morgan fingerprint density at radius 2 is 1.50 bits per heavy atom. The van der Waals surface area contributed by atoms with Gasteiger partial charge in [-0.3, -0.25) is 15.4 Å². The minimum absolute atomic E-state index is 0.141. The van der Waals surface area contributed by atoms with Crippen molar-refractivity contribution in [3.05, 3.63) is 0 Å². The normalized spacial score (nSPS) is 11.8. The second-order valence-corrected chi connectivity index (χ2v) is 3.53. The third-order valence-corrected chi connectivity index (χ3v) is 2.02. The van der Waals surface area contributed by atoms with E-state index in [1.807, 2.05) is 0 Å². The van der Waals surface area contributed by atoms with E-state index < -0.39 is 11.9 Å². The van der Waals surface area contributed by atoms with Crippen LogP contribution >= 0.6 is 0 Å². The van der Waals surface area contributed by atoms with Crippen LogP contribution in [-0.2, 0) is 14.5 Å². The predicted octanol–water partition coefficient (Wildman–Crippen LogP) is 1.37. The van der Waals surface area contributed by atoms with Crippen molar-refractivity contribution in [2.45, 2.75) is 40.5 Å². The molecule has 8 heteroatoms. The van der Waals surface area contributed by atoms with Crippen molar-refractivity contribution in [1.29, 1.82) is 0 Å². The second-order valence-electron chi connectivity index (χ2n) is 3.53. The zero-order chi connectivity index (χ0) is 15.4. The van der Waals surface area contributed by atoms with Gasteiger partial charge in [-0.1, -0.05) is 24.2 Å². The van der Waals surface area contributed by atoms with Gasteiger partial charge in [0.25, 0.3) is 5.91 Å². The minimum Gasteiger partial charge on any atom is -0.396 e. The number of hydrogen-bond donors (Lipinski definition) is 2. The Labute approximate surface area is 118 Å². The Morgan fingerprint density at radius 3 is 2.00 bits per heavy atom. The van der Waals surface area contributed by atoms with Gasteiger partial charge in [0.15, 0.2) is 0 Å². The lowest BCUT2D eigenvalue weighted by atomic mass is 10.3. The molecule has 0 bridgehead atoms. The smallest absolute Gasteiger partial charge is 0.327 e. The summed E-state index contributed by atoms with van der Waals surface area (Å²) >= 11 is 0. The van der Waals surface area contributed by atoms with Crippen molar-refractivity contribution in [2.24, 2.45) is 10.3 Å². The third kappa shape index (κ3) is 7.34. The highest BCUT2D eigenvalue weighted by molar-refractivity contribution is 6.41. The summed E-state index contributed by atoms with van der Waals surface area (Å²) in [7, 11) is 0. The van der Waals surface area contributed by atoms with Gasteiger partial charge in [-0.05, 0) is 20.3 Å². The van der Waals surface area contributed by atoms with Gasteiger partial charge >= 0.3 is 6.03 Å². The first-order valence-electron chi connectivity index (χ1n) is 6.58. The van der Waals surface area contributed by atoms with E-state index in [9.17, 15) is 9.59 Å². The maximum absolute atomic E-state index is 11.7. The van der Waals surface area contributed by atoms with Crippen molar-refractivity contribution in [1.82, 2.24) is 10.6 Å². The lowest BCUT2D eigenvalue weighted by molar-refractivity contribution is -0.114. The van der Waals surface area contributed by atoms with E-state index in [4.69, 9.17) is 9.68 Å². The fourth-order valence-electron chi connectivity index (χ4n) is 1.06. The Hall–Kier alpha value is -2.12. The standard InChI is InChI=1S/C12H22N4O4/c1-5-9(15-19-7-3)11(17)14-12(18)13-10(6-2)16-20-8-4/h5-8H2,1-4H3,(H2,13,14,16,17,18). The summed E-state index contributed by atoms with van der Waals surface area (Å²) in [5, 5.41) is 11.9. The Balaban J connectivity index is 4.47. The molecule has 0 rings (SSSR count). The largest absolute Gasteiger partial charge is 0.396 e. The zero-order valence-electron chi connectivity index (χ0n) is 12.4. The molecule has 2 N–H and O–H groups in total. The molecule has 0 saturated carbocycles. The topological polar surface area (TPSA) is 101 Å². The number of hydrogen-bond acceptors (Lipinski definition) is 6. The zero-order valence-corrected chi connectivity index (χ0v) is 12.4. The molecule has 0 spiro atoms. The van der Waals surface area contributed by atoms with Gasteiger partial charge in [-0.25, -0.2) is 4.79 Å². The first-order chi connectivity index (χ1) is 9.58. The molecule has 0 fully saturated rings. The van der Waals surface area contributed by atoms with Crippen LogP contribution < -0.4 is 10.6 Å². The van der Waals surface area contributed by atoms with Gasteiger partial charge in [0, 0.05) is 6.42 Å². The number of oxime groups is 2. The van der Waals surface area contributed by atoms with Crippen molar-refractivity contribution < 1.29 is 19.3 Å². The van der Waals surface area contributed by atoms with Crippen LogP contribution in [0.2, 0.25) is 0 Å². The maximum atomic E-state index is 11.7. The molecule has 0 heterocycles. The summed E-state index contributed by atoms with van der Waals surface area (Å²) in [4.78, 5) is 33.0. The average Bonchev–Trinajstić information content (AvgIpc) is 2.44. The highest BCUT2D eigenvalue weighted by Crippen LogP contribution is 1.90. The summed E-state index contributed by atoms with van der Waals surface area (Å²) in [5.41, 5.74) is 0.141. The Kier molecular flexibility index (Phi) is 9.63. The van der Waals surface area contributed by atoms with Crippen molar-refractivity contribution in [3.8, 4) is 0 Å². The Morgan fingerprint density at radius 1 is 0.900 bits per heavy atom. The summed E-state index contributed by atoms with van der Waals surface area (Å²) in [6.45, 7) is 7.81. The van der Waals surface area contributed by atoms with E-state index in [-0.39, 0.29) is 5.71 Å². The first-order valence-corrected chi connectivity index (χ1v) is 6.58. The SMILES string of the molecule is CCON=C(CC)C(=O)NC(=O)N/C(CC)=N/OCC. The molecule has 0 unspecified atom stereocenters. The highest BCUT2D eigenvalue weighted by atomic mass is 16.6. The van der Waals surface area contributed by atoms with E-state index in [1.165, 1.54) is 0 Å². The predicted molar refractivity (Wildman–Crippen MR) is 75.4 cm³/mol. The maximum Gasteiger partial charge on any atom is 0.327 e. The van der Waals surface area contributed by atoms with Crippen LogP contribution in [0.3, 0.4) is 0 Å². The minimum atomic E-state index is -0.687. The molecule has 20 heavy (non-hydrogen) atoms. The summed E-state index contributed by atoms with van der Waals surface area (Å²) in [6, 6.07) is -0.687. The summed E-state index contributed by atoms with van der Waals surface area (Å²) in [6.07, 6.45) is 0.821. The molecule has 114 valence electrons. The van der Waals surface area contributed by atoms with Gasteiger partial charge in [0.1, 0.15) is 24.8 Å². The van der Waals surface area contributed by atoms with Gasteiger partial charge in [-0.2, -0.15) is 0 Å². The van der Waals surface area contributed by atoms with E-state index in [2.05, 4.69) is 20.9 Å². The first kappa shape index (κ1) is 17.9. The third-order valence-electron chi connectivity index (χ3n) is 2.02. The van der Waals surface area contributed by atoms with Crippen molar-refractivity contribution >= 4 is 23.5 Å². The number of nitrogens with zero attached hydrogens (tertiary/aromatic N) is 2. The lowest BCUT2D eigenvalue weighted by Crippen LogP contribution is -2.44. The molecule has 0 aliphatic rings. The van der Waals surface area contributed by atoms with Gasteiger partial charge in [0.2, 0.25) is 0 Å². The van der Waals surface area contributed by atoms with Crippen LogP contribution in [0.1, 0.15) is 40.5 Å². The number of nitrogens with one attached hydrogen (secondary N) is 2. The van der Waals surface area contributed by atoms with Crippen LogP contribution in [0, 0.1) is 0 Å². The number of carbonyl (C=O) groups excluding carboxylic acids is 2. The highest BCUT2D eigenvalue weighted by Gasteiger charge is 2.15. The van der Waals surface area contributed by atoms with Crippen LogP contribution in [0.15, 0.2) is 10.3 Å². The molecule has 0 aliphatic heterocycles. The molecule has 0 aromatic rings. The number of carbonyl (C=O) groups is 2. The molecule has 0 aromatic heterocycles. The summed E-state index contributed by atoms with van der Waals surface area (Å²) < 4.78 is 0. The van der Waals surface area contributed by atoms with E-state index in [1.54, 1.807) is 27.7 Å². The van der Waals surface area contributed by atoms with Crippen LogP contribution in [0.5, 0.6) is 0 Å². The molecule has 0 radical (unpaired) electrons. The number of amidine groups is 1. The number of urea groups is 1. The molecular formula is C12H22N4O4. The number of imide groups is 1. The number of rotatable bonds is 7. The Bertz CT molecular complexity index is 380. The molecule has 0 atom stereocenters. The fourth-order valence-corrected chi connectivity index (χ4v) is 1.06. The monoisotopic (exact) mass is 286 g/mol. The molecular weight excluding hydrogens is 264 g/mol. The fraction of sp³-hybridized carbons (Fsp3) is 0.667. The van der Waals surface area contributed by atoms with Gasteiger partial charge < -0.3 is 9.68 Å². The molecule has 8 nitrogen and oxygen atoms in total. The quantitative estimate of drug-likeness (QED) is 0.419. The van der Waals surface area contributed by atoms with Crippen LogP contribution in [0.25, 0.3) is 0 Å². The average molecular weight is 286 g/mol. The summed E-state index contributed by atoms with van der Waals surface area (Å²) in [5.74, 6) is -0.276.